The zero-order chi connectivity index (χ0) is 67.7. The van der Waals surface area contributed by atoms with Crippen molar-refractivity contribution in [2.75, 3.05) is 63.6 Å². The van der Waals surface area contributed by atoms with E-state index in [-0.39, 0.29) is 66.9 Å². The highest BCUT2D eigenvalue weighted by Gasteiger charge is 2.40. The van der Waals surface area contributed by atoms with Crippen molar-refractivity contribution in [1.29, 1.82) is 0 Å². The lowest BCUT2D eigenvalue weighted by atomic mass is 9.93. The average Bonchev–Trinajstić information content (AvgIpc) is 1.59. The molecule has 502 valence electrons. The van der Waals surface area contributed by atoms with E-state index in [4.69, 9.17) is 23.5 Å². The number of nitrogens with one attached hydrogen (secondary N) is 2. The first-order valence-corrected chi connectivity index (χ1v) is 36.8. The second-order valence-electron chi connectivity index (χ2n) is 22.6. The largest absolute Gasteiger partial charge is 0.488 e. The number of benzene rings is 5. The summed E-state index contributed by atoms with van der Waals surface area (Å²) < 4.78 is 152. The molecule has 9 rings (SSSR count). The first-order chi connectivity index (χ1) is 44.5. The Morgan fingerprint density at radius 3 is 2.01 bits per heavy atom. The van der Waals surface area contributed by atoms with Crippen LogP contribution in [0.25, 0.3) is 22.3 Å². The van der Waals surface area contributed by atoms with Crippen LogP contribution < -0.4 is 24.8 Å². The number of nitrogens with zero attached hydrogens (tertiary/aromatic N) is 7. The summed E-state index contributed by atoms with van der Waals surface area (Å²) >= 11 is 3.55. The quantitative estimate of drug-likeness (QED) is 0.0326. The topological polar surface area (TPSA) is 363 Å². The van der Waals surface area contributed by atoms with Gasteiger partial charge in [0.15, 0.2) is 9.84 Å². The Morgan fingerprint density at radius 2 is 1.35 bits per heavy atom. The number of halogens is 1. The number of sulfone groups is 1. The Labute approximate surface area is 553 Å². The molecule has 27 nitrogen and oxygen atoms in total. The summed E-state index contributed by atoms with van der Waals surface area (Å²) in [7, 11) is -18.0. The lowest BCUT2D eigenvalue weighted by Gasteiger charge is -2.37. The molecule has 3 amide bonds. The van der Waals surface area contributed by atoms with E-state index in [1.165, 1.54) is 30.3 Å². The van der Waals surface area contributed by atoms with E-state index in [1.807, 2.05) is 105 Å². The molecule has 1 saturated heterocycles. The van der Waals surface area contributed by atoms with Gasteiger partial charge < -0.3 is 34.5 Å². The molecule has 2 aliphatic rings. The van der Waals surface area contributed by atoms with E-state index in [0.717, 1.165) is 56.3 Å². The monoisotopic (exact) mass is 1440 g/mol. The molecule has 0 saturated carbocycles. The van der Waals surface area contributed by atoms with E-state index in [9.17, 15) is 57.2 Å². The molecule has 0 unspecified atom stereocenters. The number of carbonyl (C=O) groups is 3. The van der Waals surface area contributed by atoms with Crippen LogP contribution in [0.15, 0.2) is 131 Å². The summed E-state index contributed by atoms with van der Waals surface area (Å²) in [4.78, 5) is 47.7. The molecule has 5 aromatic carbocycles. The normalized spacial score (nSPS) is 14.4. The Kier molecular flexibility index (Phi) is 22.6. The van der Waals surface area contributed by atoms with Crippen LogP contribution in [0.1, 0.15) is 63.9 Å². The van der Waals surface area contributed by atoms with Crippen molar-refractivity contribution in [3.63, 3.8) is 0 Å². The van der Waals surface area contributed by atoms with Crippen LogP contribution in [-0.4, -0.2) is 175 Å². The minimum atomic E-state index is -5.19. The lowest BCUT2D eigenvalue weighted by Crippen LogP contribution is -2.56. The number of hydrogen-bond acceptors (Lipinski definition) is 20. The molecule has 1 aliphatic carbocycles. The molecule has 32 heteroatoms. The van der Waals surface area contributed by atoms with Gasteiger partial charge in [0.05, 0.1) is 27.1 Å². The number of carbonyl (C=O) groups excluding carboxylic acids is 3. The molecular weight excluding hydrogens is 1370 g/mol. The fraction of sp³-hybridized carbons (Fsp3) is 0.355. The highest BCUT2D eigenvalue weighted by molar-refractivity contribution is 9.10. The Morgan fingerprint density at radius 1 is 0.713 bits per heavy atom. The first kappa shape index (κ1) is 70.4. The SMILES string of the molecule is Cc1c(COc2cc(OCc3cncc(S(C)(=O)=O)c3)c(CN[C@@H](CS(=O)(=O)O)C(=O)NCCS(=O)(=O)O)cc2Br)cccc1-c1cccc(OCc2cn(CCCN3CCN(C(=O)[C@@H](C)N(C(=O)OCC4c5ccccc5-c5ccccc54)S(=O)(=O)O)CC3)nn2)c1C. The predicted octanol–water partition coefficient (Wildman–Crippen LogP) is 6.19. The van der Waals surface area contributed by atoms with Crippen molar-refractivity contribution in [2.24, 2.45) is 0 Å². The number of aryl methyl sites for hydroxylation is 1. The van der Waals surface area contributed by atoms with Crippen LogP contribution in [-0.2, 0) is 87.6 Å². The number of aromatic nitrogens is 4. The van der Waals surface area contributed by atoms with Crippen molar-refractivity contribution >= 4 is 74.2 Å². The van der Waals surface area contributed by atoms with Crippen molar-refractivity contribution in [3.05, 3.63) is 171 Å². The van der Waals surface area contributed by atoms with Gasteiger partial charge in [0, 0.05) is 94.1 Å². The molecular formula is C62H70BrN9O18S4. The fourth-order valence-electron chi connectivity index (χ4n) is 11.1. The van der Waals surface area contributed by atoms with Gasteiger partial charge in [0.1, 0.15) is 61.5 Å². The molecule has 1 fully saturated rings. The van der Waals surface area contributed by atoms with Crippen molar-refractivity contribution in [2.45, 2.75) is 83.0 Å². The molecule has 2 aromatic heterocycles. The highest BCUT2D eigenvalue weighted by Crippen LogP contribution is 2.45. The van der Waals surface area contributed by atoms with Gasteiger partial charge >= 0.3 is 16.4 Å². The summed E-state index contributed by atoms with van der Waals surface area (Å²) in [6, 6.07) is 28.2. The van der Waals surface area contributed by atoms with E-state index in [0.29, 0.717) is 65.4 Å². The smallest absolute Gasteiger partial charge is 0.426 e. The third kappa shape index (κ3) is 18.3. The summed E-state index contributed by atoms with van der Waals surface area (Å²) in [6.45, 7) is 6.82. The maximum Gasteiger partial charge on any atom is 0.426 e. The standard InChI is InChI=1S/C62H70BrN9O18S4/c1-40-44(36-88-59-30-58(87-35-43-28-47(33-64-31-43)91(4,76)77)45(29-55(59)63)32-66-56(39-93(81,82)83)60(73)65-20-27-92(78,79)80)12-9-17-48(40)49-18-10-19-57(41(49)2)89-37-46-34-71(68-67-46)22-11-21-69-23-25-70(26-24-69)61(74)42(3)72(94(84,85)86)62(75)90-38-54-52-15-7-5-13-50(52)51-14-6-8-16-53(51)54/h5-10,12-19,28-31,33-34,42,54,56,66H,11,20-27,32,35-39H2,1-4H3,(H,65,73)(H,78,79,80)(H,81,82,83)(H,84,85,86)/t42-,56+/m1/s1. The van der Waals surface area contributed by atoms with Gasteiger partial charge in [-0.2, -0.15) is 29.6 Å². The average molecular weight is 1440 g/mol. The van der Waals surface area contributed by atoms with Crippen LogP contribution >= 0.6 is 15.9 Å². The van der Waals surface area contributed by atoms with Gasteiger partial charge in [-0.05, 0) is 111 Å². The maximum atomic E-state index is 13.7. The van der Waals surface area contributed by atoms with Crippen LogP contribution in [0.3, 0.4) is 0 Å². The molecule has 2 atom stereocenters. The number of fused-ring (bicyclic) bond motifs is 3. The summed E-state index contributed by atoms with van der Waals surface area (Å²) in [5, 5.41) is 13.6. The summed E-state index contributed by atoms with van der Waals surface area (Å²) in [6.07, 6.45) is 4.79. The molecule has 0 spiro atoms. The number of amides is 3. The van der Waals surface area contributed by atoms with E-state index < -0.39 is 88.4 Å². The first-order valence-electron chi connectivity index (χ1n) is 29.5. The zero-order valence-corrected chi connectivity index (χ0v) is 56.3. The van der Waals surface area contributed by atoms with Gasteiger partial charge in [-0.1, -0.05) is 84.1 Å². The second-order valence-corrected chi connectivity index (χ2v) is 29.8. The summed E-state index contributed by atoms with van der Waals surface area (Å²) in [5.74, 6) is -2.87. The maximum absolute atomic E-state index is 13.7. The minimum absolute atomic E-state index is 0.0465. The number of pyridine rings is 1. The van der Waals surface area contributed by atoms with Crippen molar-refractivity contribution in [3.8, 4) is 39.5 Å². The van der Waals surface area contributed by atoms with Gasteiger partial charge in [0.25, 0.3) is 20.2 Å². The van der Waals surface area contributed by atoms with E-state index >= 15 is 0 Å². The van der Waals surface area contributed by atoms with E-state index in [1.54, 1.807) is 16.8 Å². The fourth-order valence-corrected chi connectivity index (χ4v) is 14.0. The van der Waals surface area contributed by atoms with Gasteiger partial charge in [-0.15, -0.1) is 5.10 Å². The molecule has 0 bridgehead atoms. The molecule has 0 radical (unpaired) electrons. The third-order valence-corrected chi connectivity index (χ3v) is 20.1. The number of hydrogen-bond donors (Lipinski definition) is 5. The Balaban J connectivity index is 0.776. The van der Waals surface area contributed by atoms with Gasteiger partial charge in [-0.3, -0.25) is 37.8 Å². The molecule has 3 heterocycles. The van der Waals surface area contributed by atoms with E-state index in [2.05, 4.69) is 46.8 Å². The molecule has 94 heavy (non-hydrogen) atoms. The summed E-state index contributed by atoms with van der Waals surface area (Å²) in [5.41, 5.74) is 9.49. The van der Waals surface area contributed by atoms with Gasteiger partial charge in [0.2, 0.25) is 11.8 Å². The predicted molar refractivity (Wildman–Crippen MR) is 348 cm³/mol. The van der Waals surface area contributed by atoms with Crippen molar-refractivity contribution < 1.29 is 80.7 Å². The number of ether oxygens (including phenoxy) is 4. The molecule has 1 aliphatic heterocycles. The van der Waals surface area contributed by atoms with Crippen LogP contribution in [0.4, 0.5) is 4.79 Å². The van der Waals surface area contributed by atoms with Crippen LogP contribution in [0, 0.1) is 13.8 Å². The lowest BCUT2D eigenvalue weighted by molar-refractivity contribution is -0.136. The van der Waals surface area contributed by atoms with Crippen LogP contribution in [0.2, 0.25) is 0 Å². The number of rotatable bonds is 29. The Bertz CT molecular complexity index is 4370. The minimum Gasteiger partial charge on any atom is -0.488 e. The van der Waals surface area contributed by atoms with Gasteiger partial charge in [-0.25, -0.2) is 13.2 Å². The molecule has 7 aromatic rings. The van der Waals surface area contributed by atoms with Crippen LogP contribution in [0.5, 0.6) is 17.2 Å². The Hall–Kier alpha value is -7.92. The highest BCUT2D eigenvalue weighted by atomic mass is 79.9. The zero-order valence-electron chi connectivity index (χ0n) is 51.5. The third-order valence-electron chi connectivity index (χ3n) is 16.0. The number of piperazine rings is 1. The molecule has 5 N–H and O–H groups in total. The van der Waals surface area contributed by atoms with Crippen molar-refractivity contribution in [1.82, 2.24) is 44.7 Å². The second kappa shape index (κ2) is 30.2.